The third kappa shape index (κ3) is 5.47. The van der Waals surface area contributed by atoms with Crippen LogP contribution >= 0.6 is 11.6 Å². The molecule has 0 unspecified atom stereocenters. The smallest absolute Gasteiger partial charge is 0.339 e. The van der Waals surface area contributed by atoms with Crippen LogP contribution in [-0.2, 0) is 9.53 Å². The van der Waals surface area contributed by atoms with Gasteiger partial charge in [0, 0.05) is 5.69 Å². The molecule has 5 nitrogen and oxygen atoms in total. The second kappa shape index (κ2) is 9.42. The van der Waals surface area contributed by atoms with Gasteiger partial charge in [-0.1, -0.05) is 24.6 Å². The lowest BCUT2D eigenvalue weighted by atomic mass is 10.1. The van der Waals surface area contributed by atoms with Crippen molar-refractivity contribution in [3.8, 4) is 5.75 Å². The van der Waals surface area contributed by atoms with Gasteiger partial charge in [0.1, 0.15) is 5.75 Å². The minimum atomic E-state index is -0.643. The summed E-state index contributed by atoms with van der Waals surface area (Å²) in [6.45, 7) is 7.88. The van der Waals surface area contributed by atoms with Crippen LogP contribution in [0.15, 0.2) is 36.4 Å². The summed E-state index contributed by atoms with van der Waals surface area (Å²) in [5.41, 5.74) is 3.01. The lowest BCUT2D eigenvalue weighted by Gasteiger charge is -2.18. The van der Waals surface area contributed by atoms with E-state index in [1.807, 2.05) is 39.0 Å². The zero-order chi connectivity index (χ0) is 20.0. The maximum atomic E-state index is 12.6. The number of halogens is 1. The van der Waals surface area contributed by atoms with Gasteiger partial charge < -0.3 is 14.8 Å². The topological polar surface area (TPSA) is 64.6 Å². The average Bonchev–Trinajstić information content (AvgIpc) is 2.62. The SMILES string of the molecule is CCOC(=O)c1ccc(NC(=O)[C@H](CC)Oc2ccc(C)c(C)c2)cc1Cl. The van der Waals surface area contributed by atoms with E-state index in [1.54, 1.807) is 13.0 Å². The Labute approximate surface area is 164 Å². The molecule has 1 N–H and O–H groups in total. The van der Waals surface area contributed by atoms with Gasteiger partial charge in [-0.05, 0) is 68.7 Å². The quantitative estimate of drug-likeness (QED) is 0.682. The number of aryl methyl sites for hydroxylation is 2. The van der Waals surface area contributed by atoms with E-state index in [9.17, 15) is 9.59 Å². The number of hydrogen-bond donors (Lipinski definition) is 1. The Bertz CT molecular complexity index is 835. The van der Waals surface area contributed by atoms with Gasteiger partial charge in [-0.3, -0.25) is 4.79 Å². The van der Waals surface area contributed by atoms with E-state index in [0.717, 1.165) is 11.1 Å². The number of carbonyl (C=O) groups is 2. The highest BCUT2D eigenvalue weighted by molar-refractivity contribution is 6.34. The maximum absolute atomic E-state index is 12.6. The van der Waals surface area contributed by atoms with Crippen molar-refractivity contribution in [1.82, 2.24) is 0 Å². The lowest BCUT2D eigenvalue weighted by molar-refractivity contribution is -0.122. The first-order valence-corrected chi connectivity index (χ1v) is 9.25. The van der Waals surface area contributed by atoms with Crippen molar-refractivity contribution in [1.29, 1.82) is 0 Å². The lowest BCUT2D eigenvalue weighted by Crippen LogP contribution is -2.32. The predicted molar refractivity (Wildman–Crippen MR) is 107 cm³/mol. The van der Waals surface area contributed by atoms with Crippen LogP contribution in [-0.4, -0.2) is 24.6 Å². The maximum Gasteiger partial charge on any atom is 0.339 e. The first-order chi connectivity index (χ1) is 12.8. The van der Waals surface area contributed by atoms with Crippen molar-refractivity contribution in [3.63, 3.8) is 0 Å². The van der Waals surface area contributed by atoms with Gasteiger partial charge in [0.25, 0.3) is 5.91 Å². The summed E-state index contributed by atoms with van der Waals surface area (Å²) >= 11 is 6.14. The molecule has 144 valence electrons. The van der Waals surface area contributed by atoms with Gasteiger partial charge in [-0.2, -0.15) is 0 Å². The average molecular weight is 390 g/mol. The van der Waals surface area contributed by atoms with Gasteiger partial charge >= 0.3 is 5.97 Å². The van der Waals surface area contributed by atoms with Crippen LogP contribution in [0.25, 0.3) is 0 Å². The summed E-state index contributed by atoms with van der Waals surface area (Å²) in [6.07, 6.45) is -0.136. The number of benzene rings is 2. The van der Waals surface area contributed by atoms with Crippen molar-refractivity contribution in [2.45, 2.75) is 40.2 Å². The first kappa shape index (κ1) is 20.8. The van der Waals surface area contributed by atoms with Gasteiger partial charge in [0.2, 0.25) is 0 Å². The summed E-state index contributed by atoms with van der Waals surface area (Å²) in [5, 5.41) is 2.99. The Morgan fingerprint density at radius 3 is 2.41 bits per heavy atom. The summed E-state index contributed by atoms with van der Waals surface area (Å²) < 4.78 is 10.8. The fraction of sp³-hybridized carbons (Fsp3) is 0.333. The van der Waals surface area contributed by atoms with Crippen LogP contribution in [0, 0.1) is 13.8 Å². The number of esters is 1. The molecular weight excluding hydrogens is 366 g/mol. The molecule has 0 aliphatic carbocycles. The zero-order valence-corrected chi connectivity index (χ0v) is 16.7. The van der Waals surface area contributed by atoms with E-state index in [4.69, 9.17) is 21.1 Å². The number of amides is 1. The molecule has 27 heavy (non-hydrogen) atoms. The first-order valence-electron chi connectivity index (χ1n) is 8.87. The van der Waals surface area contributed by atoms with Gasteiger partial charge in [-0.15, -0.1) is 0 Å². The van der Waals surface area contributed by atoms with E-state index in [1.165, 1.54) is 12.1 Å². The Hall–Kier alpha value is -2.53. The van der Waals surface area contributed by atoms with E-state index in [2.05, 4.69) is 5.32 Å². The van der Waals surface area contributed by atoms with E-state index >= 15 is 0 Å². The number of ether oxygens (including phenoxy) is 2. The van der Waals surface area contributed by atoms with Gasteiger partial charge in [0.15, 0.2) is 6.10 Å². The summed E-state index contributed by atoms with van der Waals surface area (Å²) in [6, 6.07) is 10.4. The van der Waals surface area contributed by atoms with Crippen LogP contribution in [0.2, 0.25) is 5.02 Å². The minimum absolute atomic E-state index is 0.217. The standard InChI is InChI=1S/C21H24ClNO4/c1-5-19(27-16-9-7-13(3)14(4)11-16)20(24)23-15-8-10-17(18(22)12-15)21(25)26-6-2/h7-12,19H,5-6H2,1-4H3,(H,23,24)/t19-/m0/s1. The van der Waals surface area contributed by atoms with Crippen molar-refractivity contribution < 1.29 is 19.1 Å². The highest BCUT2D eigenvalue weighted by Gasteiger charge is 2.20. The molecule has 2 aromatic rings. The Morgan fingerprint density at radius 1 is 1.07 bits per heavy atom. The molecule has 0 aliphatic heterocycles. The number of rotatable bonds is 7. The molecule has 0 aliphatic rings. The summed E-state index contributed by atoms with van der Waals surface area (Å²) in [4.78, 5) is 24.4. The molecule has 0 aromatic heterocycles. The van der Waals surface area contributed by atoms with Gasteiger partial charge in [-0.25, -0.2) is 4.79 Å². The second-order valence-corrected chi connectivity index (χ2v) is 6.57. The largest absolute Gasteiger partial charge is 0.481 e. The monoisotopic (exact) mass is 389 g/mol. The molecule has 1 atom stereocenters. The molecule has 2 rings (SSSR count). The number of carbonyl (C=O) groups excluding carboxylic acids is 2. The van der Waals surface area contributed by atoms with E-state index < -0.39 is 12.1 Å². The highest BCUT2D eigenvalue weighted by atomic mass is 35.5. The van der Waals surface area contributed by atoms with Crippen LogP contribution in [0.1, 0.15) is 41.8 Å². The number of anilines is 1. The summed E-state index contributed by atoms with van der Waals surface area (Å²) in [5.74, 6) is -0.128. The molecule has 0 saturated heterocycles. The number of nitrogens with one attached hydrogen (secondary N) is 1. The third-order valence-electron chi connectivity index (χ3n) is 4.15. The van der Waals surface area contributed by atoms with Gasteiger partial charge in [0.05, 0.1) is 17.2 Å². The predicted octanol–water partition coefficient (Wildman–Crippen LogP) is 4.93. The van der Waals surface area contributed by atoms with Crippen molar-refractivity contribution in [2.75, 3.05) is 11.9 Å². The molecular formula is C21H24ClNO4. The van der Waals surface area contributed by atoms with Crippen molar-refractivity contribution in [2.24, 2.45) is 0 Å². The fourth-order valence-electron chi connectivity index (χ4n) is 2.46. The minimum Gasteiger partial charge on any atom is -0.481 e. The van der Waals surface area contributed by atoms with Crippen LogP contribution in [0.3, 0.4) is 0 Å². The molecule has 2 aromatic carbocycles. The molecule has 0 heterocycles. The molecule has 0 spiro atoms. The third-order valence-corrected chi connectivity index (χ3v) is 4.46. The zero-order valence-electron chi connectivity index (χ0n) is 16.0. The molecule has 0 saturated carbocycles. The van der Waals surface area contributed by atoms with E-state index in [-0.39, 0.29) is 23.1 Å². The molecule has 6 heteroatoms. The fourth-order valence-corrected chi connectivity index (χ4v) is 2.72. The van der Waals surface area contributed by atoms with Crippen LogP contribution < -0.4 is 10.1 Å². The van der Waals surface area contributed by atoms with Crippen LogP contribution in [0.5, 0.6) is 5.75 Å². The normalized spacial score (nSPS) is 11.6. The van der Waals surface area contributed by atoms with Crippen molar-refractivity contribution >= 4 is 29.2 Å². The van der Waals surface area contributed by atoms with E-state index in [0.29, 0.717) is 17.9 Å². The molecule has 0 fully saturated rings. The van der Waals surface area contributed by atoms with Crippen molar-refractivity contribution in [3.05, 3.63) is 58.1 Å². The second-order valence-electron chi connectivity index (χ2n) is 6.17. The molecule has 0 radical (unpaired) electrons. The molecule has 1 amide bonds. The Kier molecular flexibility index (Phi) is 7.25. The Balaban J connectivity index is 2.08. The highest BCUT2D eigenvalue weighted by Crippen LogP contribution is 2.23. The summed E-state index contributed by atoms with van der Waals surface area (Å²) in [7, 11) is 0. The Morgan fingerprint density at radius 2 is 1.81 bits per heavy atom. The number of hydrogen-bond acceptors (Lipinski definition) is 4. The molecule has 0 bridgehead atoms. The van der Waals surface area contributed by atoms with Crippen LogP contribution in [0.4, 0.5) is 5.69 Å².